The van der Waals surface area contributed by atoms with Crippen LogP contribution in [0.1, 0.15) is 11.1 Å². The van der Waals surface area contributed by atoms with Gasteiger partial charge in [-0.1, -0.05) is 51.3 Å². The van der Waals surface area contributed by atoms with Gasteiger partial charge in [-0.25, -0.2) is 0 Å². The van der Waals surface area contributed by atoms with Crippen molar-refractivity contribution in [1.29, 1.82) is 5.26 Å². The quantitative estimate of drug-likeness (QED) is 0.817. The standard InChI is InChI=1S/C14H9BrCl2N2/c15-11-5-12(16)14(13(17)6-11)19-8-10-3-1-9(7-18)2-4-10/h1-6,19H,8H2. The molecule has 0 atom stereocenters. The van der Waals surface area contributed by atoms with Gasteiger partial charge in [0.05, 0.1) is 27.4 Å². The van der Waals surface area contributed by atoms with Crippen LogP contribution in [-0.2, 0) is 6.54 Å². The summed E-state index contributed by atoms with van der Waals surface area (Å²) in [6.07, 6.45) is 0. The lowest BCUT2D eigenvalue weighted by molar-refractivity contribution is 1.15. The number of nitrogens with one attached hydrogen (secondary N) is 1. The summed E-state index contributed by atoms with van der Waals surface area (Å²) in [7, 11) is 0. The molecule has 2 nitrogen and oxygen atoms in total. The van der Waals surface area contributed by atoms with E-state index in [4.69, 9.17) is 28.5 Å². The largest absolute Gasteiger partial charge is 0.379 e. The molecule has 0 aliphatic rings. The maximum atomic E-state index is 8.73. The van der Waals surface area contributed by atoms with Crippen LogP contribution in [0.2, 0.25) is 10.0 Å². The zero-order valence-electron chi connectivity index (χ0n) is 9.75. The molecule has 0 fully saturated rings. The number of benzene rings is 2. The Morgan fingerprint density at radius 2 is 1.68 bits per heavy atom. The van der Waals surface area contributed by atoms with Gasteiger partial charge in [0.15, 0.2) is 0 Å². The van der Waals surface area contributed by atoms with Crippen LogP contribution in [0.25, 0.3) is 0 Å². The summed E-state index contributed by atoms with van der Waals surface area (Å²) in [5.41, 5.74) is 2.40. The van der Waals surface area contributed by atoms with E-state index in [1.54, 1.807) is 24.3 Å². The first-order chi connectivity index (χ1) is 9.10. The summed E-state index contributed by atoms with van der Waals surface area (Å²) in [5.74, 6) is 0. The van der Waals surface area contributed by atoms with Crippen LogP contribution in [0.15, 0.2) is 40.9 Å². The zero-order chi connectivity index (χ0) is 13.8. The summed E-state index contributed by atoms with van der Waals surface area (Å²) >= 11 is 15.6. The highest BCUT2D eigenvalue weighted by Gasteiger charge is 2.07. The van der Waals surface area contributed by atoms with Crippen molar-refractivity contribution < 1.29 is 0 Å². The van der Waals surface area contributed by atoms with Crippen LogP contribution >= 0.6 is 39.1 Å². The Kier molecular flexibility index (Phi) is 4.71. The average molecular weight is 356 g/mol. The molecule has 0 spiro atoms. The lowest BCUT2D eigenvalue weighted by Gasteiger charge is -2.11. The molecule has 5 heteroatoms. The van der Waals surface area contributed by atoms with Gasteiger partial charge in [-0.05, 0) is 29.8 Å². The van der Waals surface area contributed by atoms with Gasteiger partial charge in [-0.15, -0.1) is 0 Å². The Labute approximate surface area is 130 Å². The van der Waals surface area contributed by atoms with Crippen molar-refractivity contribution in [2.24, 2.45) is 0 Å². The van der Waals surface area contributed by atoms with Gasteiger partial charge in [0.2, 0.25) is 0 Å². The summed E-state index contributed by atoms with van der Waals surface area (Å²) < 4.78 is 0.839. The van der Waals surface area contributed by atoms with E-state index in [1.165, 1.54) is 0 Å². The van der Waals surface area contributed by atoms with Crippen LogP contribution in [-0.4, -0.2) is 0 Å². The fourth-order valence-corrected chi connectivity index (χ4v) is 2.94. The van der Waals surface area contributed by atoms with E-state index >= 15 is 0 Å². The van der Waals surface area contributed by atoms with Crippen LogP contribution < -0.4 is 5.32 Å². The minimum Gasteiger partial charge on any atom is -0.379 e. The van der Waals surface area contributed by atoms with Crippen molar-refractivity contribution in [2.45, 2.75) is 6.54 Å². The third-order valence-electron chi connectivity index (χ3n) is 2.56. The van der Waals surface area contributed by atoms with Crippen molar-refractivity contribution in [1.82, 2.24) is 0 Å². The summed E-state index contributed by atoms with van der Waals surface area (Å²) in [5, 5.41) is 13.1. The van der Waals surface area contributed by atoms with Crippen LogP contribution in [0.5, 0.6) is 0 Å². The van der Waals surface area contributed by atoms with Crippen molar-refractivity contribution in [3.63, 3.8) is 0 Å². The van der Waals surface area contributed by atoms with Gasteiger partial charge in [-0.3, -0.25) is 0 Å². The van der Waals surface area contributed by atoms with Crippen molar-refractivity contribution >= 4 is 44.8 Å². The predicted octanol–water partition coefficient (Wildman–Crippen LogP) is 5.24. The minimum absolute atomic E-state index is 0.563. The topological polar surface area (TPSA) is 35.8 Å². The second-order valence-corrected chi connectivity index (χ2v) is 5.64. The van der Waals surface area contributed by atoms with E-state index in [1.807, 2.05) is 12.1 Å². The first kappa shape index (κ1) is 14.2. The fraction of sp³-hybridized carbons (Fsp3) is 0.0714. The molecule has 2 rings (SSSR count). The molecule has 2 aromatic rings. The average Bonchev–Trinajstić information content (AvgIpc) is 2.38. The lowest BCUT2D eigenvalue weighted by atomic mass is 10.1. The van der Waals surface area contributed by atoms with E-state index in [9.17, 15) is 0 Å². The molecule has 0 bridgehead atoms. The Morgan fingerprint density at radius 1 is 1.11 bits per heavy atom. The summed E-state index contributed by atoms with van der Waals surface area (Å²) in [6.45, 7) is 0.590. The highest BCUT2D eigenvalue weighted by molar-refractivity contribution is 9.10. The van der Waals surface area contributed by atoms with Gasteiger partial charge < -0.3 is 5.32 Å². The van der Waals surface area contributed by atoms with E-state index < -0.39 is 0 Å². The number of hydrogen-bond donors (Lipinski definition) is 1. The van der Waals surface area contributed by atoms with E-state index in [0.717, 1.165) is 10.0 Å². The number of nitrogens with zero attached hydrogens (tertiary/aromatic N) is 1. The number of halogens is 3. The fourth-order valence-electron chi connectivity index (χ4n) is 1.60. The number of hydrogen-bond acceptors (Lipinski definition) is 2. The molecule has 0 heterocycles. The molecule has 0 amide bonds. The second-order valence-electron chi connectivity index (χ2n) is 3.91. The van der Waals surface area contributed by atoms with Crippen molar-refractivity contribution in [3.8, 4) is 6.07 Å². The molecule has 0 aliphatic heterocycles. The Balaban J connectivity index is 2.12. The van der Waals surface area contributed by atoms with Crippen molar-refractivity contribution in [3.05, 3.63) is 62.0 Å². The SMILES string of the molecule is N#Cc1ccc(CNc2c(Cl)cc(Br)cc2Cl)cc1. The molecular weight excluding hydrogens is 347 g/mol. The van der Waals surface area contributed by atoms with Gasteiger partial charge >= 0.3 is 0 Å². The van der Waals surface area contributed by atoms with E-state index in [0.29, 0.717) is 27.8 Å². The van der Waals surface area contributed by atoms with Gasteiger partial charge in [0.25, 0.3) is 0 Å². The maximum absolute atomic E-state index is 8.73. The molecule has 2 aromatic carbocycles. The summed E-state index contributed by atoms with van der Waals surface area (Å²) in [6, 6.07) is 13.0. The summed E-state index contributed by atoms with van der Waals surface area (Å²) in [4.78, 5) is 0. The molecule has 0 saturated carbocycles. The van der Waals surface area contributed by atoms with Crippen LogP contribution in [0, 0.1) is 11.3 Å². The van der Waals surface area contributed by atoms with Crippen LogP contribution in [0.3, 0.4) is 0 Å². The molecule has 0 unspecified atom stereocenters. The Hall–Kier alpha value is -1.21. The first-order valence-corrected chi connectivity index (χ1v) is 7.02. The molecule has 96 valence electrons. The molecule has 0 saturated heterocycles. The molecule has 19 heavy (non-hydrogen) atoms. The number of rotatable bonds is 3. The normalized spacial score (nSPS) is 10.0. The molecule has 0 aliphatic carbocycles. The smallest absolute Gasteiger partial charge is 0.0991 e. The third-order valence-corrected chi connectivity index (χ3v) is 3.61. The van der Waals surface area contributed by atoms with Gasteiger partial charge in [0.1, 0.15) is 0 Å². The number of nitriles is 1. The highest BCUT2D eigenvalue weighted by Crippen LogP contribution is 2.34. The van der Waals surface area contributed by atoms with Crippen LogP contribution in [0.4, 0.5) is 5.69 Å². The molecule has 0 radical (unpaired) electrons. The lowest BCUT2D eigenvalue weighted by Crippen LogP contribution is -2.00. The first-order valence-electron chi connectivity index (χ1n) is 5.47. The minimum atomic E-state index is 0.563. The predicted molar refractivity (Wildman–Crippen MR) is 82.6 cm³/mol. The maximum Gasteiger partial charge on any atom is 0.0991 e. The monoisotopic (exact) mass is 354 g/mol. The third kappa shape index (κ3) is 3.63. The van der Waals surface area contributed by atoms with E-state index in [2.05, 4.69) is 27.3 Å². The zero-order valence-corrected chi connectivity index (χ0v) is 12.9. The molecule has 0 aromatic heterocycles. The Morgan fingerprint density at radius 3 is 2.21 bits per heavy atom. The molecular formula is C14H9BrCl2N2. The highest BCUT2D eigenvalue weighted by atomic mass is 79.9. The van der Waals surface area contributed by atoms with Gasteiger partial charge in [-0.2, -0.15) is 5.26 Å². The van der Waals surface area contributed by atoms with E-state index in [-0.39, 0.29) is 0 Å². The second kappa shape index (κ2) is 6.29. The Bertz CT molecular complexity index is 610. The molecule has 1 N–H and O–H groups in total. The van der Waals surface area contributed by atoms with Crippen molar-refractivity contribution in [2.75, 3.05) is 5.32 Å². The number of anilines is 1. The van der Waals surface area contributed by atoms with Gasteiger partial charge in [0, 0.05) is 11.0 Å².